The molecule has 0 heterocycles. The van der Waals surface area contributed by atoms with Gasteiger partial charge in [0.05, 0.1) is 10.6 Å². The van der Waals surface area contributed by atoms with Crippen LogP contribution in [0.15, 0.2) is 108 Å². The average molecular weight is 616 g/mol. The highest BCUT2D eigenvalue weighted by Crippen LogP contribution is 2.26. The van der Waals surface area contributed by atoms with Crippen LogP contribution in [0.4, 0.5) is 10.1 Å². The molecule has 0 saturated carbocycles. The van der Waals surface area contributed by atoms with Gasteiger partial charge in [0, 0.05) is 19.5 Å². The van der Waals surface area contributed by atoms with E-state index in [9.17, 15) is 22.4 Å². The van der Waals surface area contributed by atoms with Crippen molar-refractivity contribution in [3.05, 3.63) is 131 Å². The van der Waals surface area contributed by atoms with Crippen molar-refractivity contribution in [1.82, 2.24) is 10.2 Å². The van der Waals surface area contributed by atoms with Crippen LogP contribution in [0.25, 0.3) is 0 Å². The van der Waals surface area contributed by atoms with Crippen molar-refractivity contribution in [2.24, 2.45) is 0 Å². The summed E-state index contributed by atoms with van der Waals surface area (Å²) in [4.78, 5) is 29.4. The third kappa shape index (κ3) is 8.32. The number of nitrogens with one attached hydrogen (secondary N) is 1. The summed E-state index contributed by atoms with van der Waals surface area (Å²) >= 11 is 0. The van der Waals surface area contributed by atoms with Crippen LogP contribution in [0, 0.1) is 19.7 Å². The van der Waals surface area contributed by atoms with E-state index in [2.05, 4.69) is 5.32 Å². The molecule has 2 amide bonds. The summed E-state index contributed by atoms with van der Waals surface area (Å²) in [5.74, 6) is -1.45. The van der Waals surface area contributed by atoms with E-state index in [4.69, 9.17) is 0 Å². The van der Waals surface area contributed by atoms with Crippen molar-refractivity contribution in [2.45, 2.75) is 51.1 Å². The molecule has 4 aromatic rings. The number of sulfonamides is 1. The molecular weight excluding hydrogens is 577 g/mol. The molecule has 0 radical (unpaired) electrons. The smallest absolute Gasteiger partial charge is 0.264 e. The number of amides is 2. The first kappa shape index (κ1) is 32.4. The molecule has 0 aliphatic rings. The minimum Gasteiger partial charge on any atom is -0.354 e. The van der Waals surface area contributed by atoms with E-state index in [-0.39, 0.29) is 29.5 Å². The van der Waals surface area contributed by atoms with Gasteiger partial charge >= 0.3 is 0 Å². The zero-order valence-corrected chi connectivity index (χ0v) is 26.1. The van der Waals surface area contributed by atoms with Gasteiger partial charge < -0.3 is 10.2 Å². The zero-order valence-electron chi connectivity index (χ0n) is 25.2. The molecule has 0 aromatic heterocycles. The van der Waals surface area contributed by atoms with E-state index >= 15 is 0 Å². The van der Waals surface area contributed by atoms with Gasteiger partial charge in [-0.1, -0.05) is 84.8 Å². The number of carbonyl (C=O) groups is 2. The molecule has 9 heteroatoms. The lowest BCUT2D eigenvalue weighted by molar-refractivity contribution is -0.140. The molecule has 4 rings (SSSR count). The van der Waals surface area contributed by atoms with Gasteiger partial charge in [0.25, 0.3) is 10.0 Å². The molecular formula is C35H38FN3O4S. The van der Waals surface area contributed by atoms with Crippen LogP contribution in [-0.2, 0) is 32.6 Å². The van der Waals surface area contributed by atoms with Crippen molar-refractivity contribution in [1.29, 1.82) is 0 Å². The number of aryl methyl sites for hydroxylation is 2. The quantitative estimate of drug-likeness (QED) is 0.206. The number of rotatable bonds is 13. The van der Waals surface area contributed by atoms with Gasteiger partial charge in [0.15, 0.2) is 0 Å². The molecule has 1 atom stereocenters. The van der Waals surface area contributed by atoms with E-state index in [1.165, 1.54) is 17.0 Å². The van der Waals surface area contributed by atoms with Crippen LogP contribution in [0.3, 0.4) is 0 Å². The minimum absolute atomic E-state index is 0.0931. The van der Waals surface area contributed by atoms with Gasteiger partial charge in [-0.25, -0.2) is 12.8 Å². The fourth-order valence-electron chi connectivity index (χ4n) is 4.90. The number of hydrogen-bond donors (Lipinski definition) is 1. The molecule has 7 nitrogen and oxygen atoms in total. The first-order valence-corrected chi connectivity index (χ1v) is 16.0. The summed E-state index contributed by atoms with van der Waals surface area (Å²) in [6.45, 7) is 5.73. The Morgan fingerprint density at radius 2 is 1.48 bits per heavy atom. The highest BCUT2D eigenvalue weighted by molar-refractivity contribution is 7.92. The highest BCUT2D eigenvalue weighted by atomic mass is 32.2. The predicted octanol–water partition coefficient (Wildman–Crippen LogP) is 5.80. The van der Waals surface area contributed by atoms with Crippen molar-refractivity contribution in [2.75, 3.05) is 17.4 Å². The van der Waals surface area contributed by atoms with E-state index in [0.717, 1.165) is 38.7 Å². The highest BCUT2D eigenvalue weighted by Gasteiger charge is 2.34. The largest absolute Gasteiger partial charge is 0.354 e. The van der Waals surface area contributed by atoms with Gasteiger partial charge in [0.1, 0.15) is 18.4 Å². The molecule has 0 aliphatic heterocycles. The summed E-state index contributed by atoms with van der Waals surface area (Å²) in [7, 11) is -4.29. The van der Waals surface area contributed by atoms with Gasteiger partial charge in [-0.3, -0.25) is 13.9 Å². The van der Waals surface area contributed by atoms with Crippen LogP contribution in [0.1, 0.15) is 35.6 Å². The van der Waals surface area contributed by atoms with Crippen LogP contribution in [-0.4, -0.2) is 44.3 Å². The van der Waals surface area contributed by atoms with Crippen molar-refractivity contribution < 1.29 is 22.4 Å². The minimum atomic E-state index is -4.29. The lowest BCUT2D eigenvalue weighted by atomic mass is 10.0. The molecule has 230 valence electrons. The SMILES string of the molecule is CCCNC(=O)C(Cc1ccccc1)N(Cc1cccc(C)c1)C(=O)CN(c1ccc(C)cc1)S(=O)(=O)c1ccc(F)cc1. The van der Waals surface area contributed by atoms with Crippen LogP contribution in [0.2, 0.25) is 0 Å². The monoisotopic (exact) mass is 615 g/mol. The molecule has 0 aliphatic carbocycles. The first-order chi connectivity index (χ1) is 21.1. The van der Waals surface area contributed by atoms with Crippen molar-refractivity contribution >= 4 is 27.5 Å². The average Bonchev–Trinajstić information content (AvgIpc) is 3.01. The summed E-state index contributed by atoms with van der Waals surface area (Å²) in [5.41, 5.74) is 3.85. The van der Waals surface area contributed by atoms with E-state index < -0.39 is 34.3 Å². The maximum atomic E-state index is 14.4. The molecule has 0 saturated heterocycles. The Bertz CT molecular complexity index is 1660. The Morgan fingerprint density at radius 1 is 0.818 bits per heavy atom. The van der Waals surface area contributed by atoms with Crippen molar-refractivity contribution in [3.8, 4) is 0 Å². The predicted molar refractivity (Wildman–Crippen MR) is 171 cm³/mol. The zero-order chi connectivity index (χ0) is 31.7. The summed E-state index contributed by atoms with van der Waals surface area (Å²) < 4.78 is 42.7. The van der Waals surface area contributed by atoms with Gasteiger partial charge in [-0.2, -0.15) is 0 Å². The Morgan fingerprint density at radius 3 is 2.11 bits per heavy atom. The topological polar surface area (TPSA) is 86.8 Å². The lowest BCUT2D eigenvalue weighted by Crippen LogP contribution is -2.53. The van der Waals surface area contributed by atoms with Crippen molar-refractivity contribution in [3.63, 3.8) is 0 Å². The van der Waals surface area contributed by atoms with Crippen LogP contribution < -0.4 is 9.62 Å². The molecule has 0 bridgehead atoms. The molecule has 1 unspecified atom stereocenters. The Hall–Kier alpha value is -4.50. The van der Waals surface area contributed by atoms with Crippen LogP contribution >= 0.6 is 0 Å². The maximum absolute atomic E-state index is 14.4. The fraction of sp³-hybridized carbons (Fsp3) is 0.257. The Labute approximate surface area is 259 Å². The van der Waals surface area contributed by atoms with Crippen LogP contribution in [0.5, 0.6) is 0 Å². The van der Waals surface area contributed by atoms with Gasteiger partial charge in [0.2, 0.25) is 11.8 Å². The third-order valence-electron chi connectivity index (χ3n) is 7.26. The molecule has 0 fully saturated rings. The van der Waals surface area contributed by atoms with E-state index in [0.29, 0.717) is 13.0 Å². The normalized spacial score (nSPS) is 11.9. The Balaban J connectivity index is 1.79. The second-order valence-corrected chi connectivity index (χ2v) is 12.7. The third-order valence-corrected chi connectivity index (χ3v) is 9.05. The summed E-state index contributed by atoms with van der Waals surface area (Å²) in [5, 5.41) is 2.94. The summed E-state index contributed by atoms with van der Waals surface area (Å²) in [6, 6.07) is 27.4. The number of carbonyl (C=O) groups excluding carboxylic acids is 2. The number of nitrogens with zero attached hydrogens (tertiary/aromatic N) is 2. The Kier molecular flexibility index (Phi) is 10.9. The number of benzene rings is 4. The van der Waals surface area contributed by atoms with Gasteiger partial charge in [-0.15, -0.1) is 0 Å². The van der Waals surface area contributed by atoms with Gasteiger partial charge in [-0.05, 0) is 67.8 Å². The lowest BCUT2D eigenvalue weighted by Gasteiger charge is -2.34. The molecule has 4 aromatic carbocycles. The maximum Gasteiger partial charge on any atom is 0.264 e. The second-order valence-electron chi connectivity index (χ2n) is 10.8. The number of halogens is 1. The molecule has 44 heavy (non-hydrogen) atoms. The second kappa shape index (κ2) is 14.8. The number of hydrogen-bond acceptors (Lipinski definition) is 4. The summed E-state index contributed by atoms with van der Waals surface area (Å²) in [6.07, 6.45) is 0.954. The standard InChI is InChI=1S/C35H38FN3O4S/c1-4-21-37-35(41)33(23-28-10-6-5-7-11-28)38(24-29-12-8-9-27(3)22-29)34(40)25-39(31-17-13-26(2)14-18-31)44(42,43)32-19-15-30(36)16-20-32/h5-20,22,33H,4,21,23-25H2,1-3H3,(H,37,41). The fourth-order valence-corrected chi connectivity index (χ4v) is 6.31. The van der Waals surface area contributed by atoms with E-state index in [1.807, 2.05) is 75.4 Å². The first-order valence-electron chi connectivity index (χ1n) is 14.6. The van der Waals surface area contributed by atoms with E-state index in [1.54, 1.807) is 24.3 Å². The number of anilines is 1. The molecule has 0 spiro atoms. The molecule has 1 N–H and O–H groups in total.